The molecule has 0 aliphatic rings. The van der Waals surface area contributed by atoms with Crippen LogP contribution in [-0.4, -0.2) is 34.2 Å². The molecule has 0 saturated heterocycles. The molecule has 7 heteroatoms. The fourth-order valence-electron chi connectivity index (χ4n) is 2.20. The SMILES string of the molecule is CCC(CC)(NC(=O)c1ccc(NC(=O)OC(C)(C)C)cc1)C(=O)O. The number of nitrogens with one attached hydrogen (secondary N) is 2. The van der Waals surface area contributed by atoms with Gasteiger partial charge in [0.05, 0.1) is 0 Å². The minimum absolute atomic E-state index is 0.281. The minimum Gasteiger partial charge on any atom is -0.480 e. The van der Waals surface area contributed by atoms with E-state index in [0.29, 0.717) is 11.3 Å². The molecule has 0 fully saturated rings. The molecule has 3 N–H and O–H groups in total. The summed E-state index contributed by atoms with van der Waals surface area (Å²) in [6, 6.07) is 6.14. The van der Waals surface area contributed by atoms with Crippen LogP contribution in [0.1, 0.15) is 57.8 Å². The van der Waals surface area contributed by atoms with E-state index in [1.165, 1.54) is 12.1 Å². The molecule has 0 unspecified atom stereocenters. The maximum atomic E-state index is 12.3. The van der Waals surface area contributed by atoms with Crippen molar-refractivity contribution in [2.24, 2.45) is 0 Å². The number of aliphatic carboxylic acids is 1. The molecular weight excluding hydrogens is 324 g/mol. The van der Waals surface area contributed by atoms with E-state index in [2.05, 4.69) is 10.6 Å². The average molecular weight is 350 g/mol. The maximum Gasteiger partial charge on any atom is 0.412 e. The number of amides is 2. The molecule has 0 heterocycles. The number of hydrogen-bond donors (Lipinski definition) is 3. The number of carboxylic acids is 1. The lowest BCUT2D eigenvalue weighted by Crippen LogP contribution is -2.53. The van der Waals surface area contributed by atoms with Crippen molar-refractivity contribution >= 4 is 23.7 Å². The lowest BCUT2D eigenvalue weighted by atomic mass is 9.92. The van der Waals surface area contributed by atoms with E-state index in [-0.39, 0.29) is 12.8 Å². The van der Waals surface area contributed by atoms with Crippen molar-refractivity contribution in [3.8, 4) is 0 Å². The van der Waals surface area contributed by atoms with Crippen molar-refractivity contribution in [1.82, 2.24) is 5.32 Å². The molecule has 1 aromatic rings. The van der Waals surface area contributed by atoms with Gasteiger partial charge in [-0.25, -0.2) is 9.59 Å². The van der Waals surface area contributed by atoms with E-state index in [1.807, 2.05) is 0 Å². The van der Waals surface area contributed by atoms with Crippen LogP contribution in [0.15, 0.2) is 24.3 Å². The van der Waals surface area contributed by atoms with Crippen LogP contribution < -0.4 is 10.6 Å². The molecule has 0 aliphatic heterocycles. The van der Waals surface area contributed by atoms with E-state index in [9.17, 15) is 19.5 Å². The fraction of sp³-hybridized carbons (Fsp3) is 0.500. The molecule has 0 bridgehead atoms. The molecule has 25 heavy (non-hydrogen) atoms. The summed E-state index contributed by atoms with van der Waals surface area (Å²) in [6.07, 6.45) is -0.0299. The van der Waals surface area contributed by atoms with Crippen LogP contribution in [0, 0.1) is 0 Å². The van der Waals surface area contributed by atoms with Crippen molar-refractivity contribution in [3.05, 3.63) is 29.8 Å². The third-order valence-electron chi connectivity index (χ3n) is 3.76. The Balaban J connectivity index is 2.80. The standard InChI is InChI=1S/C18H26N2O5/c1-6-18(7-2,15(22)23)20-14(21)12-8-10-13(11-9-12)19-16(24)25-17(3,4)5/h8-11H,6-7H2,1-5H3,(H,19,24)(H,20,21)(H,22,23). The van der Waals surface area contributed by atoms with Gasteiger partial charge >= 0.3 is 12.1 Å². The summed E-state index contributed by atoms with van der Waals surface area (Å²) >= 11 is 0. The zero-order valence-corrected chi connectivity index (χ0v) is 15.3. The Labute approximate surface area is 147 Å². The third-order valence-corrected chi connectivity index (χ3v) is 3.76. The molecule has 0 radical (unpaired) electrons. The number of benzene rings is 1. The first-order valence-electron chi connectivity index (χ1n) is 8.19. The zero-order valence-electron chi connectivity index (χ0n) is 15.3. The summed E-state index contributed by atoms with van der Waals surface area (Å²) in [5.74, 6) is -1.54. The highest BCUT2D eigenvalue weighted by molar-refractivity contribution is 5.98. The monoisotopic (exact) mass is 350 g/mol. The first-order valence-corrected chi connectivity index (χ1v) is 8.19. The summed E-state index contributed by atoms with van der Waals surface area (Å²) < 4.78 is 5.15. The second-order valence-corrected chi connectivity index (χ2v) is 6.75. The maximum absolute atomic E-state index is 12.3. The Kier molecular flexibility index (Phi) is 6.55. The quantitative estimate of drug-likeness (QED) is 0.729. The van der Waals surface area contributed by atoms with E-state index in [1.54, 1.807) is 46.8 Å². The first-order chi connectivity index (χ1) is 11.5. The van der Waals surface area contributed by atoms with Crippen LogP contribution in [0.4, 0.5) is 10.5 Å². The van der Waals surface area contributed by atoms with Gasteiger partial charge in [0.2, 0.25) is 0 Å². The van der Waals surface area contributed by atoms with Crippen molar-refractivity contribution < 1.29 is 24.2 Å². The highest BCUT2D eigenvalue weighted by Gasteiger charge is 2.36. The van der Waals surface area contributed by atoms with Gasteiger partial charge in [-0.3, -0.25) is 10.1 Å². The molecule has 7 nitrogen and oxygen atoms in total. The first kappa shape index (κ1) is 20.5. The Morgan fingerprint density at radius 3 is 1.96 bits per heavy atom. The van der Waals surface area contributed by atoms with Gasteiger partial charge in [0, 0.05) is 11.3 Å². The van der Waals surface area contributed by atoms with Crippen LogP contribution in [0.5, 0.6) is 0 Å². The Hall–Kier alpha value is -2.57. The number of carboxylic acid groups (broad SMARTS) is 1. The highest BCUT2D eigenvalue weighted by atomic mass is 16.6. The highest BCUT2D eigenvalue weighted by Crippen LogP contribution is 2.18. The number of anilines is 1. The Bertz CT molecular complexity index is 628. The number of hydrogen-bond acceptors (Lipinski definition) is 4. The van der Waals surface area contributed by atoms with Crippen molar-refractivity contribution in [1.29, 1.82) is 0 Å². The number of carbonyl (C=O) groups excluding carboxylic acids is 2. The normalized spacial score (nSPS) is 11.6. The third kappa shape index (κ3) is 5.77. The van der Waals surface area contributed by atoms with Gasteiger partial charge in [0.1, 0.15) is 11.1 Å². The summed E-state index contributed by atoms with van der Waals surface area (Å²) in [7, 11) is 0. The molecule has 0 saturated carbocycles. The lowest BCUT2D eigenvalue weighted by molar-refractivity contribution is -0.144. The topological polar surface area (TPSA) is 105 Å². The van der Waals surface area contributed by atoms with Gasteiger partial charge < -0.3 is 15.2 Å². The predicted molar refractivity (Wildman–Crippen MR) is 94.7 cm³/mol. The predicted octanol–water partition coefficient (Wildman–Crippen LogP) is 3.41. The summed E-state index contributed by atoms with van der Waals surface area (Å²) in [4.78, 5) is 35.5. The summed E-state index contributed by atoms with van der Waals surface area (Å²) in [5.41, 5.74) is -1.11. The Morgan fingerprint density at radius 2 is 1.56 bits per heavy atom. The van der Waals surface area contributed by atoms with Crippen molar-refractivity contribution in [2.75, 3.05) is 5.32 Å². The molecule has 0 aliphatic carbocycles. The van der Waals surface area contributed by atoms with Crippen LogP contribution in [-0.2, 0) is 9.53 Å². The summed E-state index contributed by atoms with van der Waals surface area (Å²) in [5, 5.41) is 14.5. The molecule has 1 aromatic carbocycles. The largest absolute Gasteiger partial charge is 0.480 e. The lowest BCUT2D eigenvalue weighted by Gasteiger charge is -2.28. The molecule has 0 aromatic heterocycles. The molecule has 1 rings (SSSR count). The van der Waals surface area contributed by atoms with Crippen LogP contribution in [0.25, 0.3) is 0 Å². The van der Waals surface area contributed by atoms with Gasteiger partial charge in [-0.15, -0.1) is 0 Å². The van der Waals surface area contributed by atoms with Crippen LogP contribution in [0.2, 0.25) is 0 Å². The van der Waals surface area contributed by atoms with Gasteiger partial charge in [0.15, 0.2) is 0 Å². The van der Waals surface area contributed by atoms with Gasteiger partial charge in [0.25, 0.3) is 5.91 Å². The van der Waals surface area contributed by atoms with E-state index in [4.69, 9.17) is 4.74 Å². The Morgan fingerprint density at radius 1 is 1.04 bits per heavy atom. The van der Waals surface area contributed by atoms with Crippen molar-refractivity contribution in [3.63, 3.8) is 0 Å². The van der Waals surface area contributed by atoms with Gasteiger partial charge in [-0.05, 0) is 57.9 Å². The van der Waals surface area contributed by atoms with E-state index >= 15 is 0 Å². The number of carbonyl (C=O) groups is 3. The summed E-state index contributed by atoms with van der Waals surface area (Å²) in [6.45, 7) is 8.71. The molecule has 2 amide bonds. The fourth-order valence-corrected chi connectivity index (χ4v) is 2.20. The smallest absolute Gasteiger partial charge is 0.412 e. The molecule has 0 atom stereocenters. The minimum atomic E-state index is -1.29. The van der Waals surface area contributed by atoms with Gasteiger partial charge in [-0.1, -0.05) is 13.8 Å². The zero-order chi connectivity index (χ0) is 19.3. The second-order valence-electron chi connectivity index (χ2n) is 6.75. The second kappa shape index (κ2) is 8.00. The molecular formula is C18H26N2O5. The van der Waals surface area contributed by atoms with Crippen LogP contribution in [0.3, 0.4) is 0 Å². The molecule has 138 valence electrons. The van der Waals surface area contributed by atoms with Crippen LogP contribution >= 0.6 is 0 Å². The van der Waals surface area contributed by atoms with E-state index < -0.39 is 29.1 Å². The van der Waals surface area contributed by atoms with E-state index in [0.717, 1.165) is 0 Å². The number of ether oxygens (including phenoxy) is 1. The van der Waals surface area contributed by atoms with Gasteiger partial charge in [-0.2, -0.15) is 0 Å². The molecule has 0 spiro atoms. The average Bonchev–Trinajstić information content (AvgIpc) is 2.51. The van der Waals surface area contributed by atoms with Crippen molar-refractivity contribution in [2.45, 2.75) is 58.6 Å². The number of rotatable bonds is 6.